The fourth-order valence-corrected chi connectivity index (χ4v) is 1.76. The molecular weight excluding hydrogens is 361 g/mol. The number of rotatable bonds is 3. The summed E-state index contributed by atoms with van der Waals surface area (Å²) < 4.78 is 6.80. The van der Waals surface area contributed by atoms with Crippen LogP contribution in [-0.2, 0) is 0 Å². The summed E-state index contributed by atoms with van der Waals surface area (Å²) >= 11 is 6.89. The number of furan rings is 1. The van der Waals surface area contributed by atoms with E-state index in [9.17, 15) is 0 Å². The molecule has 18 heavy (non-hydrogen) atoms. The molecule has 0 atom stereocenters. The number of halogens is 1. The molecule has 92 valence electrons. The average Bonchev–Trinajstić information content (AvgIpc) is 2.78. The summed E-state index contributed by atoms with van der Waals surface area (Å²) in [6.45, 7) is 0. The normalized spacial score (nSPS) is 10.7. The van der Waals surface area contributed by atoms with Crippen molar-refractivity contribution in [2.75, 3.05) is 0 Å². The highest BCUT2D eigenvalue weighted by molar-refractivity contribution is 14.1. The van der Waals surface area contributed by atoms with Crippen molar-refractivity contribution < 1.29 is 4.42 Å². The highest BCUT2D eigenvalue weighted by Gasteiger charge is 2.02. The van der Waals surface area contributed by atoms with Gasteiger partial charge in [-0.15, -0.1) is 0 Å². The van der Waals surface area contributed by atoms with Gasteiger partial charge in [0.05, 0.1) is 6.21 Å². The summed E-state index contributed by atoms with van der Waals surface area (Å²) in [5.74, 6) is 1.43. The number of nitrogens with one attached hydrogen (secondary N) is 1. The molecule has 0 fully saturated rings. The lowest BCUT2D eigenvalue weighted by molar-refractivity contribution is 0.574. The Hall–Kier alpha value is -1.41. The van der Waals surface area contributed by atoms with Gasteiger partial charge in [0.2, 0.25) is 0 Å². The second-order valence-electron chi connectivity index (χ2n) is 3.44. The molecule has 2 aromatic rings. The Labute approximate surface area is 123 Å². The zero-order valence-corrected chi connectivity index (χ0v) is 12.2. The zero-order valence-electron chi connectivity index (χ0n) is 9.26. The lowest BCUT2D eigenvalue weighted by Crippen LogP contribution is -2.23. The number of hydrogen-bond donors (Lipinski definition) is 2. The van der Waals surface area contributed by atoms with E-state index in [1.165, 1.54) is 9.78 Å². The van der Waals surface area contributed by atoms with E-state index in [0.29, 0.717) is 5.76 Å². The van der Waals surface area contributed by atoms with Gasteiger partial charge >= 0.3 is 0 Å². The van der Waals surface area contributed by atoms with Gasteiger partial charge in [-0.05, 0) is 59.1 Å². The summed E-state index contributed by atoms with van der Waals surface area (Å²) in [5.41, 5.74) is 8.74. The van der Waals surface area contributed by atoms with Gasteiger partial charge in [0.15, 0.2) is 5.11 Å². The minimum Gasteiger partial charge on any atom is -0.455 e. The Balaban J connectivity index is 2.12. The average molecular weight is 371 g/mol. The fourth-order valence-electron chi connectivity index (χ4n) is 1.35. The van der Waals surface area contributed by atoms with Crippen LogP contribution in [0.5, 0.6) is 0 Å². The number of nitrogens with zero attached hydrogens (tertiary/aromatic N) is 1. The third kappa shape index (κ3) is 3.54. The van der Waals surface area contributed by atoms with Gasteiger partial charge in [0.25, 0.3) is 0 Å². The Morgan fingerprint density at radius 3 is 2.67 bits per heavy atom. The van der Waals surface area contributed by atoms with Gasteiger partial charge in [0.1, 0.15) is 11.5 Å². The molecule has 0 radical (unpaired) electrons. The van der Waals surface area contributed by atoms with Crippen molar-refractivity contribution >= 4 is 46.1 Å². The van der Waals surface area contributed by atoms with Crippen molar-refractivity contribution in [2.24, 2.45) is 10.8 Å². The van der Waals surface area contributed by atoms with E-state index in [4.69, 9.17) is 10.2 Å². The molecule has 0 aliphatic carbocycles. The lowest BCUT2D eigenvalue weighted by atomic mass is 10.2. The molecule has 1 aromatic carbocycles. The predicted octanol–water partition coefficient (Wildman–Crippen LogP) is 2.72. The van der Waals surface area contributed by atoms with E-state index in [1.807, 2.05) is 36.4 Å². The van der Waals surface area contributed by atoms with Crippen LogP contribution in [0.25, 0.3) is 11.3 Å². The van der Waals surface area contributed by atoms with Crippen LogP contribution in [0.1, 0.15) is 5.76 Å². The minimum atomic E-state index is 0.121. The lowest BCUT2D eigenvalue weighted by Gasteiger charge is -1.96. The van der Waals surface area contributed by atoms with Gasteiger partial charge in [-0.25, -0.2) is 0 Å². The van der Waals surface area contributed by atoms with Crippen LogP contribution < -0.4 is 11.2 Å². The highest BCUT2D eigenvalue weighted by Crippen LogP contribution is 2.22. The second-order valence-corrected chi connectivity index (χ2v) is 5.13. The number of hydrazone groups is 1. The summed E-state index contributed by atoms with van der Waals surface area (Å²) in [6.07, 6.45) is 1.52. The van der Waals surface area contributed by atoms with E-state index in [1.54, 1.807) is 0 Å². The quantitative estimate of drug-likeness (QED) is 0.377. The maximum Gasteiger partial charge on any atom is 0.184 e. The molecule has 0 aliphatic heterocycles. The zero-order chi connectivity index (χ0) is 13.0. The van der Waals surface area contributed by atoms with Crippen LogP contribution in [0.4, 0.5) is 0 Å². The number of hydrogen-bond acceptors (Lipinski definition) is 3. The van der Waals surface area contributed by atoms with E-state index in [0.717, 1.165) is 11.3 Å². The molecule has 2 rings (SSSR count). The van der Waals surface area contributed by atoms with E-state index < -0.39 is 0 Å². The van der Waals surface area contributed by atoms with Crippen LogP contribution in [0, 0.1) is 3.57 Å². The molecule has 4 nitrogen and oxygen atoms in total. The molecule has 0 aliphatic rings. The maximum absolute atomic E-state index is 5.62. The molecular formula is C12H10IN3OS. The molecule has 0 amide bonds. The van der Waals surface area contributed by atoms with Gasteiger partial charge in [-0.1, -0.05) is 12.1 Å². The second kappa shape index (κ2) is 5.96. The molecule has 0 bridgehead atoms. The Morgan fingerprint density at radius 2 is 2.00 bits per heavy atom. The first-order chi connectivity index (χ1) is 8.65. The summed E-state index contributed by atoms with van der Waals surface area (Å²) in [5, 5.41) is 3.95. The van der Waals surface area contributed by atoms with Crippen LogP contribution >= 0.6 is 34.8 Å². The third-order valence-electron chi connectivity index (χ3n) is 2.12. The Bertz CT molecular complexity index is 577. The van der Waals surface area contributed by atoms with Gasteiger partial charge in [0, 0.05) is 9.13 Å². The molecule has 0 unspecified atom stereocenters. The first-order valence-corrected chi connectivity index (χ1v) is 6.58. The molecule has 0 spiro atoms. The standard InChI is InChI=1S/C12H10IN3OS/c13-9-3-1-8(2-4-9)11-6-5-10(17-11)7-15-16-12(14)18/h1-7H,(H3,14,16,18). The molecule has 1 aromatic heterocycles. The first kappa shape index (κ1) is 13.0. The topological polar surface area (TPSA) is 63.5 Å². The van der Waals surface area contributed by atoms with Crippen molar-refractivity contribution in [3.8, 4) is 11.3 Å². The van der Waals surface area contributed by atoms with Crippen LogP contribution in [0.2, 0.25) is 0 Å². The van der Waals surface area contributed by atoms with Gasteiger partial charge in [-0.3, -0.25) is 5.43 Å². The highest BCUT2D eigenvalue weighted by atomic mass is 127. The monoisotopic (exact) mass is 371 g/mol. The molecule has 0 saturated heterocycles. The summed E-state index contributed by atoms with van der Waals surface area (Å²) in [4.78, 5) is 0. The molecule has 6 heteroatoms. The van der Waals surface area contributed by atoms with E-state index >= 15 is 0 Å². The third-order valence-corrected chi connectivity index (χ3v) is 2.93. The Kier molecular flexibility index (Phi) is 4.32. The van der Waals surface area contributed by atoms with E-state index in [2.05, 4.69) is 45.3 Å². The van der Waals surface area contributed by atoms with Crippen molar-refractivity contribution in [2.45, 2.75) is 0 Å². The van der Waals surface area contributed by atoms with Crippen molar-refractivity contribution in [3.05, 3.63) is 45.7 Å². The SMILES string of the molecule is NC(=S)NN=Cc1ccc(-c2ccc(I)cc2)o1. The van der Waals surface area contributed by atoms with Crippen molar-refractivity contribution in [1.29, 1.82) is 0 Å². The van der Waals surface area contributed by atoms with Gasteiger partial charge in [-0.2, -0.15) is 5.10 Å². The van der Waals surface area contributed by atoms with E-state index in [-0.39, 0.29) is 5.11 Å². The van der Waals surface area contributed by atoms with Crippen LogP contribution in [0.15, 0.2) is 45.9 Å². The predicted molar refractivity (Wildman–Crippen MR) is 84.4 cm³/mol. The largest absolute Gasteiger partial charge is 0.455 e. The summed E-state index contributed by atoms with van der Waals surface area (Å²) in [7, 11) is 0. The van der Waals surface area contributed by atoms with Gasteiger partial charge < -0.3 is 10.2 Å². The molecule has 0 saturated carbocycles. The Morgan fingerprint density at radius 1 is 1.28 bits per heavy atom. The molecule has 3 N–H and O–H groups in total. The molecule has 1 heterocycles. The van der Waals surface area contributed by atoms with Crippen molar-refractivity contribution in [3.63, 3.8) is 0 Å². The number of benzene rings is 1. The minimum absolute atomic E-state index is 0.121. The summed E-state index contributed by atoms with van der Waals surface area (Å²) in [6, 6.07) is 11.8. The smallest absolute Gasteiger partial charge is 0.184 e. The maximum atomic E-state index is 5.62. The number of thiocarbonyl (C=S) groups is 1. The number of nitrogens with two attached hydrogens (primary N) is 1. The van der Waals surface area contributed by atoms with Crippen LogP contribution in [0.3, 0.4) is 0 Å². The van der Waals surface area contributed by atoms with Crippen LogP contribution in [-0.4, -0.2) is 11.3 Å². The van der Waals surface area contributed by atoms with Crippen molar-refractivity contribution in [1.82, 2.24) is 5.43 Å². The first-order valence-electron chi connectivity index (χ1n) is 5.09. The fraction of sp³-hybridized carbons (Fsp3) is 0.